The van der Waals surface area contributed by atoms with Gasteiger partial charge in [0.05, 0.1) is 10.7 Å². The molecule has 2 aromatic carbocycles. The monoisotopic (exact) mass is 303 g/mol. The van der Waals surface area contributed by atoms with E-state index in [0.717, 1.165) is 0 Å². The zero-order valence-electron chi connectivity index (χ0n) is 11.1. The second-order valence-corrected chi connectivity index (χ2v) is 4.94. The van der Waals surface area contributed by atoms with Crippen LogP contribution in [0, 0.1) is 12.7 Å². The quantitative estimate of drug-likeness (QED) is 0.739. The van der Waals surface area contributed by atoms with Crippen LogP contribution in [0.3, 0.4) is 0 Å². The van der Waals surface area contributed by atoms with Gasteiger partial charge in [-0.3, -0.25) is 0 Å². The molecule has 0 aliphatic rings. The number of nitrogens with two attached hydrogens (primary N) is 1. The molecular formula is C14H11ClFN5. The number of tetrazole rings is 1. The number of aromatic nitrogens is 4. The first kappa shape index (κ1) is 13.5. The van der Waals surface area contributed by atoms with Crippen LogP contribution in [-0.4, -0.2) is 20.2 Å². The Balaban J connectivity index is 2.20. The summed E-state index contributed by atoms with van der Waals surface area (Å²) in [7, 11) is 0. The topological polar surface area (TPSA) is 69.6 Å². The maximum atomic E-state index is 13.7. The van der Waals surface area contributed by atoms with E-state index in [9.17, 15) is 4.39 Å². The lowest BCUT2D eigenvalue weighted by atomic mass is 10.1. The van der Waals surface area contributed by atoms with Crippen molar-refractivity contribution in [2.24, 2.45) is 0 Å². The number of nitrogens with zero attached hydrogens (tertiary/aromatic N) is 4. The molecule has 3 rings (SSSR count). The molecule has 21 heavy (non-hydrogen) atoms. The van der Waals surface area contributed by atoms with E-state index in [0.29, 0.717) is 33.3 Å². The summed E-state index contributed by atoms with van der Waals surface area (Å²) < 4.78 is 15.2. The lowest BCUT2D eigenvalue weighted by molar-refractivity contribution is 0.614. The third kappa shape index (κ3) is 2.34. The van der Waals surface area contributed by atoms with E-state index in [1.165, 1.54) is 10.7 Å². The smallest absolute Gasteiger partial charge is 0.188 e. The summed E-state index contributed by atoms with van der Waals surface area (Å²) in [5, 5.41) is 12.0. The summed E-state index contributed by atoms with van der Waals surface area (Å²) in [6, 6.07) is 9.79. The first-order chi connectivity index (χ1) is 10.1. The third-order valence-corrected chi connectivity index (χ3v) is 3.48. The summed E-state index contributed by atoms with van der Waals surface area (Å²) in [6.45, 7) is 1.67. The molecule has 0 aliphatic carbocycles. The zero-order chi connectivity index (χ0) is 15.0. The molecule has 0 unspecified atom stereocenters. The highest BCUT2D eigenvalue weighted by molar-refractivity contribution is 6.33. The van der Waals surface area contributed by atoms with Crippen molar-refractivity contribution in [1.82, 2.24) is 20.2 Å². The van der Waals surface area contributed by atoms with Crippen molar-refractivity contribution in [3.63, 3.8) is 0 Å². The Morgan fingerprint density at radius 2 is 2.05 bits per heavy atom. The van der Waals surface area contributed by atoms with Gasteiger partial charge in [0.1, 0.15) is 5.82 Å². The fourth-order valence-corrected chi connectivity index (χ4v) is 2.33. The lowest BCUT2D eigenvalue weighted by Crippen LogP contribution is -2.03. The fraction of sp³-hybridized carbons (Fsp3) is 0.0714. The molecular weight excluding hydrogens is 293 g/mol. The van der Waals surface area contributed by atoms with Crippen molar-refractivity contribution in [2.45, 2.75) is 6.92 Å². The van der Waals surface area contributed by atoms with E-state index in [2.05, 4.69) is 15.5 Å². The minimum absolute atomic E-state index is 0.322. The van der Waals surface area contributed by atoms with Crippen LogP contribution in [0.25, 0.3) is 17.1 Å². The van der Waals surface area contributed by atoms with E-state index in [-0.39, 0.29) is 5.82 Å². The molecule has 106 valence electrons. The molecule has 0 amide bonds. The second kappa shape index (κ2) is 5.14. The molecule has 0 saturated heterocycles. The molecule has 1 heterocycles. The Morgan fingerprint density at radius 3 is 2.81 bits per heavy atom. The second-order valence-electron chi connectivity index (χ2n) is 4.54. The predicted molar refractivity (Wildman–Crippen MR) is 78.7 cm³/mol. The minimum atomic E-state index is -0.322. The van der Waals surface area contributed by atoms with Crippen molar-refractivity contribution in [3.8, 4) is 17.1 Å². The molecule has 3 aromatic rings. The van der Waals surface area contributed by atoms with Crippen molar-refractivity contribution >= 4 is 17.3 Å². The lowest BCUT2D eigenvalue weighted by Gasteiger charge is -2.09. The molecule has 2 N–H and O–H groups in total. The van der Waals surface area contributed by atoms with Gasteiger partial charge in [0, 0.05) is 16.8 Å². The molecule has 1 aromatic heterocycles. The van der Waals surface area contributed by atoms with Crippen LogP contribution in [-0.2, 0) is 0 Å². The molecule has 0 bridgehead atoms. The number of benzene rings is 2. The molecule has 7 heteroatoms. The van der Waals surface area contributed by atoms with Crippen LogP contribution in [0.1, 0.15) is 5.56 Å². The number of rotatable bonds is 2. The standard InChI is InChI=1S/C14H11ClFN5/c1-8-12(16)3-2-4-13(8)21-14(18-19-20-21)10-6-5-9(17)7-11(10)15/h2-7H,17H2,1H3. The largest absolute Gasteiger partial charge is 0.399 e. The van der Waals surface area contributed by atoms with E-state index in [1.54, 1.807) is 37.3 Å². The molecule has 0 aliphatic heterocycles. The Bertz CT molecular complexity index is 815. The Kier molecular flexibility index (Phi) is 3.31. The number of anilines is 1. The SMILES string of the molecule is Cc1c(F)cccc1-n1nnnc1-c1ccc(N)cc1Cl. The van der Waals surface area contributed by atoms with Crippen LogP contribution in [0.5, 0.6) is 0 Å². The van der Waals surface area contributed by atoms with Gasteiger partial charge in [0.25, 0.3) is 0 Å². The van der Waals surface area contributed by atoms with Gasteiger partial charge in [-0.1, -0.05) is 17.7 Å². The normalized spacial score (nSPS) is 10.8. The highest BCUT2D eigenvalue weighted by atomic mass is 35.5. The summed E-state index contributed by atoms with van der Waals surface area (Å²) in [6.07, 6.45) is 0. The van der Waals surface area contributed by atoms with Crippen LogP contribution in [0.4, 0.5) is 10.1 Å². The predicted octanol–water partition coefficient (Wildman–Crippen LogP) is 3.01. The van der Waals surface area contributed by atoms with E-state index in [1.807, 2.05) is 0 Å². The average molecular weight is 304 g/mol. The Labute approximate surface area is 125 Å². The molecule has 0 fully saturated rings. The van der Waals surface area contributed by atoms with Gasteiger partial charge in [-0.25, -0.2) is 4.39 Å². The van der Waals surface area contributed by atoms with Gasteiger partial charge in [0.15, 0.2) is 5.82 Å². The molecule has 5 nitrogen and oxygen atoms in total. The molecule has 0 spiro atoms. The number of halogens is 2. The number of hydrogen-bond donors (Lipinski definition) is 1. The van der Waals surface area contributed by atoms with Crippen LogP contribution >= 0.6 is 11.6 Å². The van der Waals surface area contributed by atoms with Crippen molar-refractivity contribution in [1.29, 1.82) is 0 Å². The van der Waals surface area contributed by atoms with Crippen LogP contribution in [0.15, 0.2) is 36.4 Å². The van der Waals surface area contributed by atoms with E-state index in [4.69, 9.17) is 17.3 Å². The highest BCUT2D eigenvalue weighted by Gasteiger charge is 2.16. The van der Waals surface area contributed by atoms with E-state index < -0.39 is 0 Å². The van der Waals surface area contributed by atoms with Gasteiger partial charge < -0.3 is 5.73 Å². The fourth-order valence-electron chi connectivity index (χ4n) is 2.06. The maximum absolute atomic E-state index is 13.7. The first-order valence-corrected chi connectivity index (χ1v) is 6.55. The average Bonchev–Trinajstić information content (AvgIpc) is 2.91. The van der Waals surface area contributed by atoms with Gasteiger partial charge in [0.2, 0.25) is 0 Å². The summed E-state index contributed by atoms with van der Waals surface area (Å²) in [5.41, 5.74) is 7.87. The zero-order valence-corrected chi connectivity index (χ0v) is 11.8. The van der Waals surface area contributed by atoms with Crippen LogP contribution in [0.2, 0.25) is 5.02 Å². The van der Waals surface area contributed by atoms with Crippen molar-refractivity contribution in [3.05, 3.63) is 52.8 Å². The highest BCUT2D eigenvalue weighted by Crippen LogP contribution is 2.29. The van der Waals surface area contributed by atoms with Gasteiger partial charge >= 0.3 is 0 Å². The summed E-state index contributed by atoms with van der Waals surface area (Å²) >= 11 is 6.19. The summed E-state index contributed by atoms with van der Waals surface area (Å²) in [4.78, 5) is 0. The molecule has 0 atom stereocenters. The van der Waals surface area contributed by atoms with E-state index >= 15 is 0 Å². The van der Waals surface area contributed by atoms with Crippen molar-refractivity contribution < 1.29 is 4.39 Å². The molecule has 0 saturated carbocycles. The Morgan fingerprint density at radius 1 is 1.24 bits per heavy atom. The van der Waals surface area contributed by atoms with Gasteiger partial charge in [-0.15, -0.1) is 5.10 Å². The maximum Gasteiger partial charge on any atom is 0.188 e. The third-order valence-electron chi connectivity index (χ3n) is 3.17. The Hall–Kier alpha value is -2.47. The van der Waals surface area contributed by atoms with Crippen molar-refractivity contribution in [2.75, 3.05) is 5.73 Å². The first-order valence-electron chi connectivity index (χ1n) is 6.17. The minimum Gasteiger partial charge on any atom is -0.399 e. The van der Waals surface area contributed by atoms with Gasteiger partial charge in [-0.2, -0.15) is 4.68 Å². The molecule has 0 radical (unpaired) electrons. The number of hydrogen-bond acceptors (Lipinski definition) is 4. The van der Waals surface area contributed by atoms with Crippen LogP contribution < -0.4 is 5.73 Å². The van der Waals surface area contributed by atoms with Gasteiger partial charge in [-0.05, 0) is 47.7 Å². The summed E-state index contributed by atoms with van der Waals surface area (Å²) in [5.74, 6) is 0.103. The number of nitrogen functional groups attached to an aromatic ring is 1.